The van der Waals surface area contributed by atoms with E-state index in [1.165, 1.54) is 6.07 Å². The molecule has 1 aliphatic rings. The van der Waals surface area contributed by atoms with E-state index in [0.29, 0.717) is 48.2 Å². The number of hydrogen-bond acceptors (Lipinski definition) is 6. The molecule has 1 unspecified atom stereocenters. The highest BCUT2D eigenvalue weighted by Gasteiger charge is 2.42. The fourth-order valence-electron chi connectivity index (χ4n) is 4.31. The number of aryl methyl sites for hydroxylation is 2. The summed E-state index contributed by atoms with van der Waals surface area (Å²) in [5.74, 6) is -0.723. The largest absolute Gasteiger partial charge is 0.479 e. The number of hydrogen-bond donors (Lipinski definition) is 0. The summed E-state index contributed by atoms with van der Waals surface area (Å²) in [6.45, 7) is 2.48. The lowest BCUT2D eigenvalue weighted by Crippen LogP contribution is -2.34. The Morgan fingerprint density at radius 3 is 2.71 bits per heavy atom. The van der Waals surface area contributed by atoms with Crippen molar-refractivity contribution >= 4 is 12.2 Å². The minimum Gasteiger partial charge on any atom is -0.479 e. The first-order valence-corrected chi connectivity index (χ1v) is 11.0. The summed E-state index contributed by atoms with van der Waals surface area (Å²) < 4.78 is 36.4. The van der Waals surface area contributed by atoms with E-state index in [2.05, 4.69) is 26.1 Å². The SMILES string of the molecule is COc1nc(C=Cc2nc3n(n2)CCCC3(C#N)c2ccc(F)c(F)c2)ccc1-n1cnc(C)c1. The Balaban J connectivity index is 1.47. The van der Waals surface area contributed by atoms with Gasteiger partial charge in [0.25, 0.3) is 0 Å². The van der Waals surface area contributed by atoms with Gasteiger partial charge >= 0.3 is 0 Å². The zero-order valence-corrected chi connectivity index (χ0v) is 19.1. The van der Waals surface area contributed by atoms with Crippen molar-refractivity contribution in [2.24, 2.45) is 0 Å². The van der Waals surface area contributed by atoms with Gasteiger partial charge in [0, 0.05) is 12.7 Å². The highest BCUT2D eigenvalue weighted by molar-refractivity contribution is 5.66. The summed E-state index contributed by atoms with van der Waals surface area (Å²) in [5.41, 5.74) is 1.41. The average molecular weight is 473 g/mol. The number of rotatable bonds is 5. The molecule has 0 saturated heterocycles. The van der Waals surface area contributed by atoms with Crippen molar-refractivity contribution in [2.75, 3.05) is 7.11 Å². The van der Waals surface area contributed by atoms with Crippen molar-refractivity contribution in [1.82, 2.24) is 29.3 Å². The molecule has 0 amide bonds. The van der Waals surface area contributed by atoms with Gasteiger partial charge in [-0.1, -0.05) is 6.07 Å². The normalized spacial score (nSPS) is 17.3. The van der Waals surface area contributed by atoms with E-state index in [1.807, 2.05) is 29.8 Å². The Morgan fingerprint density at radius 2 is 2.00 bits per heavy atom. The molecule has 8 nitrogen and oxygen atoms in total. The van der Waals surface area contributed by atoms with Crippen LogP contribution < -0.4 is 4.74 Å². The first-order chi connectivity index (χ1) is 16.9. The Kier molecular flexibility index (Phi) is 5.61. The van der Waals surface area contributed by atoms with E-state index in [-0.39, 0.29) is 0 Å². The smallest absolute Gasteiger partial charge is 0.238 e. The van der Waals surface area contributed by atoms with Crippen molar-refractivity contribution in [3.05, 3.63) is 83.1 Å². The molecule has 0 aliphatic carbocycles. The molecule has 4 heterocycles. The van der Waals surface area contributed by atoms with Gasteiger partial charge in [-0.2, -0.15) is 10.4 Å². The average Bonchev–Trinajstić information content (AvgIpc) is 3.50. The first-order valence-electron chi connectivity index (χ1n) is 11.0. The molecule has 0 bridgehead atoms. The van der Waals surface area contributed by atoms with Crippen LogP contribution >= 0.6 is 0 Å². The number of nitriles is 1. The fraction of sp³-hybridized carbons (Fsp3) is 0.240. The Labute approximate surface area is 200 Å². The van der Waals surface area contributed by atoms with Crippen LogP contribution in [0.2, 0.25) is 0 Å². The molecule has 10 heteroatoms. The second-order valence-electron chi connectivity index (χ2n) is 8.29. The number of methoxy groups -OCH3 is 1. The van der Waals surface area contributed by atoms with E-state index in [9.17, 15) is 14.0 Å². The molecule has 3 aromatic heterocycles. The molecule has 4 aromatic rings. The molecule has 0 N–H and O–H groups in total. The number of fused-ring (bicyclic) bond motifs is 1. The molecule has 0 radical (unpaired) electrons. The van der Waals surface area contributed by atoms with Crippen LogP contribution in [0.3, 0.4) is 0 Å². The van der Waals surface area contributed by atoms with Crippen LogP contribution in [0.1, 0.15) is 41.4 Å². The summed E-state index contributed by atoms with van der Waals surface area (Å²) in [7, 11) is 1.55. The third-order valence-corrected chi connectivity index (χ3v) is 6.04. The zero-order valence-electron chi connectivity index (χ0n) is 19.1. The molecule has 176 valence electrons. The second kappa shape index (κ2) is 8.76. The number of benzene rings is 1. The van der Waals surface area contributed by atoms with Gasteiger partial charge in [0.2, 0.25) is 5.88 Å². The summed E-state index contributed by atoms with van der Waals surface area (Å²) in [5, 5.41) is 14.6. The lowest BCUT2D eigenvalue weighted by atomic mass is 9.75. The summed E-state index contributed by atoms with van der Waals surface area (Å²) >= 11 is 0. The topological polar surface area (TPSA) is 94.4 Å². The van der Waals surface area contributed by atoms with Crippen LogP contribution in [0.5, 0.6) is 5.88 Å². The van der Waals surface area contributed by atoms with Crippen LogP contribution in [-0.4, -0.2) is 36.4 Å². The molecule has 0 spiro atoms. The quantitative estimate of drug-likeness (QED) is 0.431. The Bertz CT molecular complexity index is 1480. The number of halogens is 2. The summed E-state index contributed by atoms with van der Waals surface area (Å²) in [6, 6.07) is 9.53. The lowest BCUT2D eigenvalue weighted by molar-refractivity contribution is 0.390. The Morgan fingerprint density at radius 1 is 1.14 bits per heavy atom. The summed E-state index contributed by atoms with van der Waals surface area (Å²) in [4.78, 5) is 13.4. The van der Waals surface area contributed by atoms with Gasteiger partial charge in [-0.3, -0.25) is 0 Å². The number of pyridine rings is 1. The van der Waals surface area contributed by atoms with Gasteiger partial charge in [-0.25, -0.2) is 28.4 Å². The fourth-order valence-corrected chi connectivity index (χ4v) is 4.31. The van der Waals surface area contributed by atoms with Crippen molar-refractivity contribution in [3.8, 4) is 17.6 Å². The highest BCUT2D eigenvalue weighted by atomic mass is 19.2. The van der Waals surface area contributed by atoms with Gasteiger partial charge in [-0.05, 0) is 61.7 Å². The standard InChI is InChI=1S/C25H21F2N7O/c1-16-13-33(15-29-16)21-8-5-18(30-23(21)35-2)6-9-22-31-24-25(14-28,10-3-11-34(24)32-22)17-4-7-19(26)20(27)12-17/h4-9,12-13,15H,3,10-11H2,1-2H3. The van der Waals surface area contributed by atoms with Crippen LogP contribution in [0.4, 0.5) is 8.78 Å². The van der Waals surface area contributed by atoms with Gasteiger partial charge in [0.1, 0.15) is 11.1 Å². The van der Waals surface area contributed by atoms with E-state index < -0.39 is 17.0 Å². The predicted octanol–water partition coefficient (Wildman–Crippen LogP) is 4.23. The van der Waals surface area contributed by atoms with Crippen LogP contribution in [-0.2, 0) is 12.0 Å². The van der Waals surface area contributed by atoms with Crippen molar-refractivity contribution < 1.29 is 13.5 Å². The van der Waals surface area contributed by atoms with Gasteiger partial charge in [-0.15, -0.1) is 0 Å². The number of aromatic nitrogens is 6. The number of ether oxygens (including phenoxy) is 1. The van der Waals surface area contributed by atoms with Crippen molar-refractivity contribution in [1.29, 1.82) is 5.26 Å². The maximum Gasteiger partial charge on any atom is 0.238 e. The van der Waals surface area contributed by atoms with Crippen LogP contribution in [0.25, 0.3) is 17.8 Å². The minimum absolute atomic E-state index is 0.361. The lowest BCUT2D eigenvalue weighted by Gasteiger charge is -2.30. The highest BCUT2D eigenvalue weighted by Crippen LogP contribution is 2.39. The number of nitrogens with zero attached hydrogens (tertiary/aromatic N) is 7. The van der Waals surface area contributed by atoms with Gasteiger partial charge < -0.3 is 9.30 Å². The van der Waals surface area contributed by atoms with Crippen LogP contribution in [0.15, 0.2) is 42.9 Å². The monoisotopic (exact) mass is 473 g/mol. The zero-order chi connectivity index (χ0) is 24.6. The third kappa shape index (κ3) is 3.95. The van der Waals surface area contributed by atoms with Crippen molar-refractivity contribution in [2.45, 2.75) is 31.7 Å². The second-order valence-corrected chi connectivity index (χ2v) is 8.29. The predicted molar refractivity (Wildman–Crippen MR) is 124 cm³/mol. The molecule has 0 saturated carbocycles. The van der Waals surface area contributed by atoms with E-state index in [0.717, 1.165) is 23.5 Å². The van der Waals surface area contributed by atoms with E-state index >= 15 is 0 Å². The van der Waals surface area contributed by atoms with E-state index in [4.69, 9.17) is 4.74 Å². The molecule has 1 aromatic carbocycles. The first kappa shape index (κ1) is 22.4. The Hall–Kier alpha value is -4.39. The van der Waals surface area contributed by atoms with E-state index in [1.54, 1.807) is 30.3 Å². The maximum atomic E-state index is 14.0. The molecular weight excluding hydrogens is 452 g/mol. The van der Waals surface area contributed by atoms with Gasteiger partial charge in [0.05, 0.1) is 30.9 Å². The third-order valence-electron chi connectivity index (χ3n) is 6.04. The molecule has 0 fully saturated rings. The molecule has 35 heavy (non-hydrogen) atoms. The van der Waals surface area contributed by atoms with Gasteiger partial charge in [0.15, 0.2) is 23.3 Å². The maximum absolute atomic E-state index is 14.0. The summed E-state index contributed by atoms with van der Waals surface area (Å²) in [6.07, 6.45) is 8.10. The molecule has 1 atom stereocenters. The molecule has 1 aliphatic heterocycles. The van der Waals surface area contributed by atoms with Crippen molar-refractivity contribution in [3.63, 3.8) is 0 Å². The molecular formula is C25H21F2N7O. The van der Waals surface area contributed by atoms with Crippen LogP contribution in [0, 0.1) is 29.9 Å². The minimum atomic E-state index is -1.21. The number of imidazole rings is 1. The molecule has 5 rings (SSSR count).